The highest BCUT2D eigenvalue weighted by Gasteiger charge is 2.26. The molecule has 0 bridgehead atoms. The van der Waals surface area contributed by atoms with Crippen LogP contribution in [0.3, 0.4) is 0 Å². The first-order chi connectivity index (χ1) is 12.5. The van der Waals surface area contributed by atoms with Crippen LogP contribution in [0.4, 0.5) is 0 Å². The summed E-state index contributed by atoms with van der Waals surface area (Å²) in [5.41, 5.74) is 5.09. The molecule has 1 saturated heterocycles. The Bertz CT molecular complexity index is 482. The average Bonchev–Trinajstić information content (AvgIpc) is 2.58. The third kappa shape index (κ3) is 10.8. The van der Waals surface area contributed by atoms with Gasteiger partial charge < -0.3 is 11.1 Å². The summed E-state index contributed by atoms with van der Waals surface area (Å²) in [7, 11) is 0. The van der Waals surface area contributed by atoms with Crippen molar-refractivity contribution in [3.05, 3.63) is 0 Å². The van der Waals surface area contributed by atoms with E-state index in [1.807, 2.05) is 0 Å². The first-order valence-corrected chi connectivity index (χ1v) is 9.64. The second kappa shape index (κ2) is 13.3. The summed E-state index contributed by atoms with van der Waals surface area (Å²) in [4.78, 5) is 44.9. The van der Waals surface area contributed by atoms with E-state index in [0.29, 0.717) is 12.8 Å². The molecule has 8 nitrogen and oxygen atoms in total. The van der Waals surface area contributed by atoms with Gasteiger partial charge in [0.2, 0.25) is 17.7 Å². The average molecular weight is 368 g/mol. The van der Waals surface area contributed by atoms with Crippen LogP contribution < -0.4 is 21.7 Å². The van der Waals surface area contributed by atoms with Gasteiger partial charge in [0, 0.05) is 12.8 Å². The minimum absolute atomic E-state index is 0.0296. The lowest BCUT2D eigenvalue weighted by Crippen LogP contribution is -2.62. The van der Waals surface area contributed by atoms with E-state index in [1.54, 1.807) is 0 Å². The Morgan fingerprint density at radius 3 is 1.88 bits per heavy atom. The monoisotopic (exact) mass is 368 g/mol. The molecule has 0 radical (unpaired) electrons. The molecule has 0 spiro atoms. The normalized spacial score (nSPS) is 17.0. The first kappa shape index (κ1) is 22.1. The van der Waals surface area contributed by atoms with Gasteiger partial charge in [0.05, 0.1) is 6.54 Å². The van der Waals surface area contributed by atoms with E-state index < -0.39 is 12.1 Å². The molecule has 1 unspecified atom stereocenters. The van der Waals surface area contributed by atoms with Crippen molar-refractivity contribution in [3.8, 4) is 0 Å². The van der Waals surface area contributed by atoms with E-state index in [-0.39, 0.29) is 24.3 Å². The van der Waals surface area contributed by atoms with Crippen LogP contribution >= 0.6 is 0 Å². The van der Waals surface area contributed by atoms with Gasteiger partial charge in [0.25, 0.3) is 5.91 Å². The van der Waals surface area contributed by atoms with Crippen LogP contribution in [0, 0.1) is 0 Å². The van der Waals surface area contributed by atoms with Crippen molar-refractivity contribution in [2.45, 2.75) is 83.2 Å². The largest absolute Gasteiger partial charge is 0.370 e. The molecule has 0 aromatic carbocycles. The Labute approximate surface area is 155 Å². The molecule has 0 aromatic heterocycles. The lowest BCUT2D eigenvalue weighted by atomic mass is 10.0. The number of hydrogen-bond donors (Lipinski definition) is 4. The molecule has 0 aromatic rings. The number of carbonyl (C=O) groups is 4. The van der Waals surface area contributed by atoms with Gasteiger partial charge in [0.15, 0.2) is 6.17 Å². The van der Waals surface area contributed by atoms with Crippen molar-refractivity contribution >= 4 is 23.6 Å². The summed E-state index contributed by atoms with van der Waals surface area (Å²) in [6, 6.07) is 0. The zero-order valence-corrected chi connectivity index (χ0v) is 15.5. The van der Waals surface area contributed by atoms with Crippen molar-refractivity contribution in [1.82, 2.24) is 16.0 Å². The van der Waals surface area contributed by atoms with Crippen molar-refractivity contribution in [2.75, 3.05) is 6.54 Å². The standard InChI is InChI=1S/C18H32N4O4/c19-14(23)11-9-7-5-3-1-2-4-6-8-10-12-15(24)21-17-18(26)22-16(25)13-20-17/h17,20H,1-13H2,(H2,19,23)(H,21,24)(H,22,25,26). The zero-order valence-electron chi connectivity index (χ0n) is 15.5. The number of hydrogen-bond acceptors (Lipinski definition) is 5. The molecule has 1 rings (SSSR count). The quantitative estimate of drug-likeness (QED) is 0.267. The summed E-state index contributed by atoms with van der Waals surface area (Å²) in [6.07, 6.45) is 10.8. The summed E-state index contributed by atoms with van der Waals surface area (Å²) < 4.78 is 0. The molecule has 1 aliphatic heterocycles. The predicted octanol–water partition coefficient (Wildman–Crippen LogP) is 0.841. The zero-order chi connectivity index (χ0) is 19.2. The summed E-state index contributed by atoms with van der Waals surface area (Å²) in [5, 5.41) is 7.45. The molecule has 1 atom stereocenters. The van der Waals surface area contributed by atoms with Gasteiger partial charge >= 0.3 is 0 Å². The molecule has 1 heterocycles. The van der Waals surface area contributed by atoms with Crippen LogP contribution in [0.2, 0.25) is 0 Å². The molecule has 148 valence electrons. The Balaban J connectivity index is 1.88. The smallest absolute Gasteiger partial charge is 0.264 e. The molecule has 8 heteroatoms. The molecule has 1 aliphatic rings. The Hall–Kier alpha value is -1.96. The number of imide groups is 1. The van der Waals surface area contributed by atoms with E-state index in [2.05, 4.69) is 16.0 Å². The maximum Gasteiger partial charge on any atom is 0.264 e. The van der Waals surface area contributed by atoms with Crippen molar-refractivity contribution < 1.29 is 19.2 Å². The minimum atomic E-state index is -0.817. The van der Waals surface area contributed by atoms with E-state index in [9.17, 15) is 19.2 Å². The Morgan fingerprint density at radius 1 is 0.885 bits per heavy atom. The van der Waals surface area contributed by atoms with Crippen LogP contribution in [0.1, 0.15) is 77.0 Å². The number of unbranched alkanes of at least 4 members (excludes halogenated alkanes) is 9. The molecule has 26 heavy (non-hydrogen) atoms. The molecule has 4 amide bonds. The van der Waals surface area contributed by atoms with Gasteiger partial charge in [-0.25, -0.2) is 0 Å². The van der Waals surface area contributed by atoms with E-state index in [0.717, 1.165) is 44.9 Å². The van der Waals surface area contributed by atoms with Gasteiger partial charge in [-0.3, -0.25) is 29.8 Å². The maximum atomic E-state index is 11.8. The molecule has 0 aliphatic carbocycles. The predicted molar refractivity (Wildman–Crippen MR) is 97.7 cm³/mol. The number of amides is 4. The van der Waals surface area contributed by atoms with Crippen molar-refractivity contribution in [2.24, 2.45) is 5.73 Å². The maximum absolute atomic E-state index is 11.8. The number of nitrogens with two attached hydrogens (primary N) is 1. The molecular formula is C18H32N4O4. The second-order valence-corrected chi connectivity index (χ2v) is 6.80. The summed E-state index contributed by atoms with van der Waals surface area (Å²) in [5.74, 6) is -1.29. The van der Waals surface area contributed by atoms with Gasteiger partial charge in [-0.05, 0) is 12.8 Å². The third-order valence-electron chi connectivity index (χ3n) is 4.37. The lowest BCUT2D eigenvalue weighted by molar-refractivity contribution is -0.137. The van der Waals surface area contributed by atoms with Crippen molar-refractivity contribution in [1.29, 1.82) is 0 Å². The second-order valence-electron chi connectivity index (χ2n) is 6.80. The summed E-state index contributed by atoms with van der Waals surface area (Å²) >= 11 is 0. The Kier molecular flexibility index (Phi) is 11.3. The van der Waals surface area contributed by atoms with Crippen LogP contribution in [0.15, 0.2) is 0 Å². The van der Waals surface area contributed by atoms with Gasteiger partial charge in [-0.1, -0.05) is 51.4 Å². The van der Waals surface area contributed by atoms with Gasteiger partial charge in [0.1, 0.15) is 0 Å². The van der Waals surface area contributed by atoms with Crippen LogP contribution in [-0.4, -0.2) is 36.3 Å². The topological polar surface area (TPSA) is 130 Å². The van der Waals surface area contributed by atoms with Gasteiger partial charge in [-0.2, -0.15) is 0 Å². The van der Waals surface area contributed by atoms with Crippen LogP contribution in [-0.2, 0) is 19.2 Å². The SMILES string of the molecule is NC(=O)CCCCCCCCCCCCC(=O)NC1NCC(=O)NC1=O. The number of rotatable bonds is 14. The highest BCUT2D eigenvalue weighted by Crippen LogP contribution is 2.12. The number of piperazine rings is 1. The highest BCUT2D eigenvalue weighted by atomic mass is 16.2. The van der Waals surface area contributed by atoms with Gasteiger partial charge in [-0.15, -0.1) is 0 Å². The first-order valence-electron chi connectivity index (χ1n) is 9.64. The van der Waals surface area contributed by atoms with E-state index >= 15 is 0 Å². The third-order valence-corrected chi connectivity index (χ3v) is 4.37. The summed E-state index contributed by atoms with van der Waals surface area (Å²) in [6.45, 7) is 0.0296. The molecular weight excluding hydrogens is 336 g/mol. The molecule has 0 saturated carbocycles. The molecule has 5 N–H and O–H groups in total. The lowest BCUT2D eigenvalue weighted by Gasteiger charge is -2.23. The number of carbonyl (C=O) groups excluding carboxylic acids is 4. The number of primary amides is 1. The van der Waals surface area contributed by atoms with Crippen LogP contribution in [0.25, 0.3) is 0 Å². The number of nitrogens with one attached hydrogen (secondary N) is 3. The van der Waals surface area contributed by atoms with Crippen molar-refractivity contribution in [3.63, 3.8) is 0 Å². The Morgan fingerprint density at radius 2 is 1.38 bits per heavy atom. The van der Waals surface area contributed by atoms with Crippen LogP contribution in [0.5, 0.6) is 0 Å². The fraction of sp³-hybridized carbons (Fsp3) is 0.778. The fourth-order valence-electron chi connectivity index (χ4n) is 2.89. The fourth-order valence-corrected chi connectivity index (χ4v) is 2.89. The highest BCUT2D eigenvalue weighted by molar-refractivity contribution is 6.02. The van der Waals surface area contributed by atoms with E-state index in [4.69, 9.17) is 5.73 Å². The minimum Gasteiger partial charge on any atom is -0.370 e. The molecule has 1 fully saturated rings. The van der Waals surface area contributed by atoms with E-state index in [1.165, 1.54) is 19.3 Å².